The average Bonchev–Trinajstić information content (AvgIpc) is 3.79. The smallest absolute Gasteiger partial charge is 0.272 e. The normalized spacial score (nSPS) is 11.9. The maximum atomic E-state index is 13.5. The van der Waals surface area contributed by atoms with Crippen LogP contribution in [0.2, 0.25) is 10.0 Å². The van der Waals surface area contributed by atoms with Crippen molar-refractivity contribution in [3.63, 3.8) is 0 Å². The van der Waals surface area contributed by atoms with E-state index in [1.54, 1.807) is 91.9 Å². The summed E-state index contributed by atoms with van der Waals surface area (Å²) in [5.41, 5.74) is 3.15. The molecule has 0 fully saturated rings. The Balaban J connectivity index is 1.10. The van der Waals surface area contributed by atoms with E-state index < -0.39 is 17.1 Å². The second-order valence-electron chi connectivity index (χ2n) is 10.8. The summed E-state index contributed by atoms with van der Waals surface area (Å²) in [4.78, 5) is 44.8. The molecule has 3 N–H and O–H groups in total. The van der Waals surface area contributed by atoms with Crippen molar-refractivity contribution in [2.24, 2.45) is 0 Å². The molecule has 0 aliphatic carbocycles. The number of carbonyl (C=O) groups excluding carboxylic acids is 3. The Bertz CT molecular complexity index is 2170. The van der Waals surface area contributed by atoms with Crippen molar-refractivity contribution >= 4 is 80.9 Å². The first-order chi connectivity index (χ1) is 24.2. The number of rotatable bonds is 11. The number of anilines is 2. The van der Waals surface area contributed by atoms with E-state index in [-0.39, 0.29) is 11.6 Å². The van der Waals surface area contributed by atoms with Gasteiger partial charge in [-0.3, -0.25) is 14.4 Å². The Hall–Kier alpha value is -5.13. The lowest BCUT2D eigenvalue weighted by atomic mass is 10.2. The number of nitrogens with zero attached hydrogens (tertiary/aromatic N) is 1. The highest BCUT2D eigenvalue weighted by Crippen LogP contribution is 2.33. The molecule has 0 bridgehead atoms. The maximum absolute atomic E-state index is 13.5. The molecule has 0 spiro atoms. The fourth-order valence-electron chi connectivity index (χ4n) is 4.70. The monoisotopic (exact) mass is 738 g/mol. The number of halogens is 2. The minimum absolute atomic E-state index is 0.000220. The van der Waals surface area contributed by atoms with Crippen LogP contribution in [-0.2, 0) is 9.59 Å². The lowest BCUT2D eigenvalue weighted by Gasteiger charge is -2.13. The van der Waals surface area contributed by atoms with Crippen molar-refractivity contribution in [1.82, 2.24) is 10.3 Å². The quantitative estimate of drug-likeness (QED) is 0.0901. The zero-order valence-corrected chi connectivity index (χ0v) is 29.5. The fourth-order valence-corrected chi connectivity index (χ4v) is 6.79. The van der Waals surface area contributed by atoms with E-state index in [0.717, 1.165) is 16.0 Å². The van der Waals surface area contributed by atoms with Crippen molar-refractivity contribution in [2.45, 2.75) is 17.1 Å². The van der Waals surface area contributed by atoms with Gasteiger partial charge < -0.3 is 20.4 Å². The number of amides is 3. The van der Waals surface area contributed by atoms with Crippen molar-refractivity contribution < 1.29 is 18.8 Å². The van der Waals surface area contributed by atoms with Gasteiger partial charge in [-0.05, 0) is 73.7 Å². The predicted octanol–water partition coefficient (Wildman–Crippen LogP) is 9.91. The van der Waals surface area contributed by atoms with Crippen LogP contribution in [0, 0.1) is 0 Å². The Morgan fingerprint density at radius 1 is 0.860 bits per heavy atom. The van der Waals surface area contributed by atoms with Crippen molar-refractivity contribution in [3.8, 4) is 22.6 Å². The minimum Gasteiger partial charge on any atom is -0.457 e. The van der Waals surface area contributed by atoms with Gasteiger partial charge in [0, 0.05) is 43.8 Å². The van der Waals surface area contributed by atoms with Gasteiger partial charge in [0.2, 0.25) is 5.91 Å². The van der Waals surface area contributed by atoms with Crippen molar-refractivity contribution in [3.05, 3.63) is 148 Å². The van der Waals surface area contributed by atoms with Crippen LogP contribution in [-0.4, -0.2) is 28.0 Å². The SMILES string of the molecule is C[C@@H](Sc1ccc(NC(=O)/C(=C/c2ccc(-c3ccccc3)o2)NC(=O)c2ccccc2)cc1)C(=O)Nc1nc(-c2ccc(Cl)cc2Cl)cs1. The maximum Gasteiger partial charge on any atom is 0.272 e. The highest BCUT2D eigenvalue weighted by atomic mass is 35.5. The molecule has 0 saturated heterocycles. The molecular formula is C38H28Cl2N4O4S2. The van der Waals surface area contributed by atoms with Gasteiger partial charge in [-0.25, -0.2) is 4.98 Å². The van der Waals surface area contributed by atoms with Gasteiger partial charge in [0.1, 0.15) is 17.2 Å². The molecule has 0 aliphatic heterocycles. The summed E-state index contributed by atoms with van der Waals surface area (Å²) in [6, 6.07) is 34.0. The number of nitrogens with one attached hydrogen (secondary N) is 3. The van der Waals surface area contributed by atoms with E-state index in [9.17, 15) is 14.4 Å². The number of hydrogen-bond donors (Lipinski definition) is 3. The summed E-state index contributed by atoms with van der Waals surface area (Å²) in [6.45, 7) is 1.80. The molecule has 12 heteroatoms. The number of furan rings is 1. The van der Waals surface area contributed by atoms with E-state index in [4.69, 9.17) is 27.6 Å². The molecule has 250 valence electrons. The highest BCUT2D eigenvalue weighted by Gasteiger charge is 2.19. The Morgan fingerprint density at radius 2 is 1.58 bits per heavy atom. The molecule has 6 rings (SSSR count). The van der Waals surface area contributed by atoms with Crippen LogP contribution in [0.1, 0.15) is 23.0 Å². The highest BCUT2D eigenvalue weighted by molar-refractivity contribution is 8.00. The third-order valence-corrected chi connectivity index (χ3v) is 9.65. The van der Waals surface area contributed by atoms with E-state index in [0.29, 0.717) is 43.6 Å². The summed E-state index contributed by atoms with van der Waals surface area (Å²) < 4.78 is 5.97. The second-order valence-corrected chi connectivity index (χ2v) is 14.0. The van der Waals surface area contributed by atoms with Gasteiger partial charge in [0.25, 0.3) is 11.8 Å². The molecule has 2 aromatic heterocycles. The number of aromatic nitrogens is 1. The molecule has 0 unspecified atom stereocenters. The third kappa shape index (κ3) is 8.90. The first-order valence-corrected chi connectivity index (χ1v) is 17.8. The summed E-state index contributed by atoms with van der Waals surface area (Å²) in [5.74, 6) is -0.176. The third-order valence-electron chi connectivity index (χ3n) is 7.24. The van der Waals surface area contributed by atoms with Crippen LogP contribution in [0.4, 0.5) is 10.8 Å². The fraction of sp³-hybridized carbons (Fsp3) is 0.0526. The molecule has 50 heavy (non-hydrogen) atoms. The van der Waals surface area contributed by atoms with E-state index in [1.165, 1.54) is 29.2 Å². The van der Waals surface area contributed by atoms with Crippen LogP contribution in [0.5, 0.6) is 0 Å². The molecule has 0 aliphatic rings. The molecule has 0 radical (unpaired) electrons. The summed E-state index contributed by atoms with van der Waals surface area (Å²) in [6.07, 6.45) is 1.49. The number of carbonyl (C=O) groups is 3. The summed E-state index contributed by atoms with van der Waals surface area (Å²) >= 11 is 15.0. The number of hydrogen-bond acceptors (Lipinski definition) is 7. The zero-order valence-electron chi connectivity index (χ0n) is 26.4. The Labute approximate surface area is 306 Å². The molecule has 2 heterocycles. The Kier molecular flexibility index (Phi) is 11.1. The molecule has 3 amide bonds. The van der Waals surface area contributed by atoms with Crippen molar-refractivity contribution in [1.29, 1.82) is 0 Å². The lowest BCUT2D eigenvalue weighted by molar-refractivity contribution is -0.115. The van der Waals surface area contributed by atoms with Gasteiger partial charge in [0.15, 0.2) is 5.13 Å². The predicted molar refractivity (Wildman–Crippen MR) is 203 cm³/mol. The Morgan fingerprint density at radius 3 is 2.30 bits per heavy atom. The zero-order chi connectivity index (χ0) is 35.0. The van der Waals surface area contributed by atoms with Gasteiger partial charge >= 0.3 is 0 Å². The molecule has 1 atom stereocenters. The summed E-state index contributed by atoms with van der Waals surface area (Å²) in [5, 5.41) is 11.3. The number of thiazole rings is 1. The van der Waals surface area contributed by atoms with Crippen LogP contribution >= 0.6 is 46.3 Å². The lowest BCUT2D eigenvalue weighted by Crippen LogP contribution is -2.30. The topological polar surface area (TPSA) is 113 Å². The largest absolute Gasteiger partial charge is 0.457 e. The van der Waals surface area contributed by atoms with E-state index >= 15 is 0 Å². The average molecular weight is 740 g/mol. The first kappa shape index (κ1) is 34.7. The minimum atomic E-state index is -0.539. The number of benzene rings is 4. The van der Waals surface area contributed by atoms with Crippen LogP contribution in [0.15, 0.2) is 136 Å². The molecule has 0 saturated carbocycles. The van der Waals surface area contributed by atoms with Gasteiger partial charge in [0.05, 0.1) is 16.0 Å². The molecule has 8 nitrogen and oxygen atoms in total. The van der Waals surface area contributed by atoms with Crippen LogP contribution < -0.4 is 16.0 Å². The number of thioether (sulfide) groups is 1. The first-order valence-electron chi connectivity index (χ1n) is 15.2. The van der Waals surface area contributed by atoms with Gasteiger partial charge in [-0.2, -0.15) is 0 Å². The molecule has 6 aromatic rings. The van der Waals surface area contributed by atoms with E-state index in [1.807, 2.05) is 35.7 Å². The standard InChI is InChI=1S/C38H28Cl2N4O4S2/c1-23(35(45)44-38-43-33(22-49-38)30-18-12-26(39)20-31(30)40)50-29-16-13-27(14-17-29)41-37(47)32(42-36(46)25-10-6-3-7-11-25)21-28-15-19-34(48-28)24-8-4-2-5-9-24/h2-23H,1H3,(H,41,47)(H,42,46)(H,43,44,45)/b32-21-/t23-/m1/s1. The van der Waals surface area contributed by atoms with Gasteiger partial charge in [-0.1, -0.05) is 71.7 Å². The van der Waals surface area contributed by atoms with Crippen LogP contribution in [0.3, 0.4) is 0 Å². The van der Waals surface area contributed by atoms with Crippen LogP contribution in [0.25, 0.3) is 28.7 Å². The second kappa shape index (κ2) is 16.1. The molecular weight excluding hydrogens is 711 g/mol. The molecule has 4 aromatic carbocycles. The van der Waals surface area contributed by atoms with E-state index in [2.05, 4.69) is 20.9 Å². The summed E-state index contributed by atoms with van der Waals surface area (Å²) in [7, 11) is 0. The van der Waals surface area contributed by atoms with Crippen molar-refractivity contribution in [2.75, 3.05) is 10.6 Å². The van der Waals surface area contributed by atoms with Gasteiger partial charge in [-0.15, -0.1) is 23.1 Å².